The van der Waals surface area contributed by atoms with E-state index in [9.17, 15) is 0 Å². The molecule has 1 atom stereocenters. The van der Waals surface area contributed by atoms with Gasteiger partial charge in [0, 0.05) is 5.39 Å². The minimum atomic E-state index is 0.777. The van der Waals surface area contributed by atoms with E-state index < -0.39 is 0 Å². The average Bonchev–Trinajstić information content (AvgIpc) is 2.74. The summed E-state index contributed by atoms with van der Waals surface area (Å²) in [4.78, 5) is 0. The first-order valence-corrected chi connectivity index (χ1v) is 6.75. The first-order valence-electron chi connectivity index (χ1n) is 5.97. The largest absolute Gasteiger partial charge is 0.316 e. The van der Waals surface area contributed by atoms with E-state index in [1.165, 1.54) is 35.2 Å². The average molecular weight is 232 g/mol. The van der Waals surface area contributed by atoms with Gasteiger partial charge < -0.3 is 5.32 Å². The van der Waals surface area contributed by atoms with Gasteiger partial charge in [0.25, 0.3) is 0 Å². The summed E-state index contributed by atoms with van der Waals surface area (Å²) in [5.74, 6) is 0.777. The zero-order valence-electron chi connectivity index (χ0n) is 9.28. The predicted molar refractivity (Wildman–Crippen MR) is 68.9 cm³/mol. The second-order valence-electron chi connectivity index (χ2n) is 4.54. The van der Waals surface area contributed by atoms with Crippen molar-refractivity contribution in [3.8, 4) is 0 Å². The molecule has 1 aromatic heterocycles. The van der Waals surface area contributed by atoms with Crippen molar-refractivity contribution >= 4 is 21.6 Å². The zero-order valence-corrected chi connectivity index (χ0v) is 10.1. The van der Waals surface area contributed by atoms with Gasteiger partial charge in [0.1, 0.15) is 0 Å². The standard InChI is InChI=1S/C13H16N2S/c1-2-6-13-11(5-1)12(15-16-13)8-10-4-3-7-14-9-10/h1-2,5-6,10,14H,3-4,7-9H2. The Kier molecular flexibility index (Phi) is 2.89. The van der Waals surface area contributed by atoms with Crippen molar-refractivity contribution in [2.75, 3.05) is 13.1 Å². The first kappa shape index (κ1) is 10.2. The molecule has 1 N–H and O–H groups in total. The number of fused-ring (bicyclic) bond motifs is 1. The lowest BCUT2D eigenvalue weighted by Gasteiger charge is -2.21. The smallest absolute Gasteiger partial charge is 0.0624 e. The SMILES string of the molecule is c1ccc2c(CC3CCCNC3)nsc2c1. The van der Waals surface area contributed by atoms with Gasteiger partial charge in [0.2, 0.25) is 0 Å². The van der Waals surface area contributed by atoms with Gasteiger partial charge in [-0.15, -0.1) is 0 Å². The maximum Gasteiger partial charge on any atom is 0.0624 e. The summed E-state index contributed by atoms with van der Waals surface area (Å²) in [6, 6.07) is 8.56. The van der Waals surface area contributed by atoms with Crippen LogP contribution in [0.15, 0.2) is 24.3 Å². The van der Waals surface area contributed by atoms with Crippen LogP contribution in [0.1, 0.15) is 18.5 Å². The Labute approximate surface area is 99.8 Å². The van der Waals surface area contributed by atoms with E-state index in [1.807, 2.05) is 0 Å². The van der Waals surface area contributed by atoms with Gasteiger partial charge in [-0.3, -0.25) is 0 Å². The summed E-state index contributed by atoms with van der Waals surface area (Å²) < 4.78 is 5.92. The molecule has 2 aromatic rings. The molecule has 0 radical (unpaired) electrons. The molecule has 2 nitrogen and oxygen atoms in total. The quantitative estimate of drug-likeness (QED) is 0.861. The lowest BCUT2D eigenvalue weighted by atomic mass is 9.94. The van der Waals surface area contributed by atoms with Crippen LogP contribution in [0.25, 0.3) is 10.1 Å². The number of aromatic nitrogens is 1. The van der Waals surface area contributed by atoms with Gasteiger partial charge in [-0.1, -0.05) is 18.2 Å². The van der Waals surface area contributed by atoms with Crippen LogP contribution in [0.2, 0.25) is 0 Å². The van der Waals surface area contributed by atoms with Gasteiger partial charge in [0.15, 0.2) is 0 Å². The molecule has 1 fully saturated rings. The molecular weight excluding hydrogens is 216 g/mol. The van der Waals surface area contributed by atoms with E-state index in [0.717, 1.165) is 18.9 Å². The summed E-state index contributed by atoms with van der Waals surface area (Å²) in [7, 11) is 0. The monoisotopic (exact) mass is 232 g/mol. The maximum absolute atomic E-state index is 4.60. The van der Waals surface area contributed by atoms with Crippen LogP contribution in [0.5, 0.6) is 0 Å². The third kappa shape index (κ3) is 1.97. The van der Waals surface area contributed by atoms with E-state index in [4.69, 9.17) is 0 Å². The Balaban J connectivity index is 1.83. The van der Waals surface area contributed by atoms with Crippen LogP contribution >= 0.6 is 11.5 Å². The topological polar surface area (TPSA) is 24.9 Å². The molecule has 0 saturated carbocycles. The molecule has 3 rings (SSSR count). The summed E-state index contributed by atoms with van der Waals surface area (Å²) in [6.07, 6.45) is 3.79. The van der Waals surface area contributed by atoms with Crippen molar-refractivity contribution in [2.24, 2.45) is 5.92 Å². The summed E-state index contributed by atoms with van der Waals surface area (Å²) in [5.41, 5.74) is 1.30. The molecule has 1 saturated heterocycles. The second-order valence-corrected chi connectivity index (χ2v) is 5.35. The third-order valence-electron chi connectivity index (χ3n) is 3.33. The highest BCUT2D eigenvalue weighted by Gasteiger charge is 2.16. The van der Waals surface area contributed by atoms with Crippen molar-refractivity contribution in [3.05, 3.63) is 30.0 Å². The number of piperidine rings is 1. The fraction of sp³-hybridized carbons (Fsp3) is 0.462. The third-order valence-corrected chi connectivity index (χ3v) is 4.20. The molecule has 16 heavy (non-hydrogen) atoms. The number of nitrogens with one attached hydrogen (secondary N) is 1. The zero-order chi connectivity index (χ0) is 10.8. The molecular formula is C13H16N2S. The van der Waals surface area contributed by atoms with Crippen molar-refractivity contribution in [2.45, 2.75) is 19.3 Å². The molecule has 84 valence electrons. The van der Waals surface area contributed by atoms with E-state index in [0.29, 0.717) is 0 Å². The maximum atomic E-state index is 4.60. The van der Waals surface area contributed by atoms with Gasteiger partial charge in [-0.25, -0.2) is 0 Å². The highest BCUT2D eigenvalue weighted by atomic mass is 32.1. The Bertz CT molecular complexity index is 471. The minimum Gasteiger partial charge on any atom is -0.316 e. The van der Waals surface area contributed by atoms with Crippen LogP contribution in [0, 0.1) is 5.92 Å². The molecule has 0 bridgehead atoms. The second kappa shape index (κ2) is 4.52. The summed E-state index contributed by atoms with van der Waals surface area (Å²) >= 11 is 1.63. The Morgan fingerprint density at radius 3 is 3.19 bits per heavy atom. The van der Waals surface area contributed by atoms with Crippen molar-refractivity contribution < 1.29 is 0 Å². The van der Waals surface area contributed by atoms with Crippen LogP contribution in [-0.4, -0.2) is 17.5 Å². The molecule has 0 aliphatic carbocycles. The van der Waals surface area contributed by atoms with Crippen LogP contribution in [0.3, 0.4) is 0 Å². The van der Waals surface area contributed by atoms with Gasteiger partial charge in [-0.2, -0.15) is 4.37 Å². The normalized spacial score (nSPS) is 21.4. The number of hydrogen-bond donors (Lipinski definition) is 1. The lowest BCUT2D eigenvalue weighted by molar-refractivity contribution is 0.375. The van der Waals surface area contributed by atoms with Crippen molar-refractivity contribution in [1.29, 1.82) is 0 Å². The van der Waals surface area contributed by atoms with Crippen LogP contribution < -0.4 is 5.32 Å². The van der Waals surface area contributed by atoms with Crippen LogP contribution in [0.4, 0.5) is 0 Å². The number of benzene rings is 1. The predicted octanol–water partition coefficient (Wildman–Crippen LogP) is 2.84. The number of rotatable bonds is 2. The van der Waals surface area contributed by atoms with Crippen LogP contribution in [-0.2, 0) is 6.42 Å². The highest BCUT2D eigenvalue weighted by molar-refractivity contribution is 7.13. The summed E-state index contributed by atoms with van der Waals surface area (Å²) in [5, 5.41) is 4.83. The van der Waals surface area contributed by atoms with E-state index in [-0.39, 0.29) is 0 Å². The van der Waals surface area contributed by atoms with Crippen molar-refractivity contribution in [1.82, 2.24) is 9.69 Å². The fourth-order valence-corrected chi connectivity index (χ4v) is 3.26. The molecule has 1 aliphatic heterocycles. The lowest BCUT2D eigenvalue weighted by Crippen LogP contribution is -2.30. The van der Waals surface area contributed by atoms with Gasteiger partial charge in [0.05, 0.1) is 10.4 Å². The highest BCUT2D eigenvalue weighted by Crippen LogP contribution is 2.25. The van der Waals surface area contributed by atoms with Gasteiger partial charge >= 0.3 is 0 Å². The Hall–Kier alpha value is -0.930. The first-order chi connectivity index (χ1) is 7.93. The van der Waals surface area contributed by atoms with E-state index in [1.54, 1.807) is 11.5 Å². The van der Waals surface area contributed by atoms with Gasteiger partial charge in [-0.05, 0) is 55.9 Å². The Morgan fingerprint density at radius 1 is 1.38 bits per heavy atom. The number of hydrogen-bond acceptors (Lipinski definition) is 3. The number of nitrogens with zero attached hydrogens (tertiary/aromatic N) is 1. The van der Waals surface area contributed by atoms with E-state index in [2.05, 4.69) is 34.0 Å². The fourth-order valence-electron chi connectivity index (χ4n) is 2.46. The van der Waals surface area contributed by atoms with Crippen molar-refractivity contribution in [3.63, 3.8) is 0 Å². The molecule has 1 aliphatic rings. The van der Waals surface area contributed by atoms with E-state index >= 15 is 0 Å². The molecule has 1 aromatic carbocycles. The Morgan fingerprint density at radius 2 is 2.31 bits per heavy atom. The molecule has 0 spiro atoms. The molecule has 2 heterocycles. The summed E-state index contributed by atoms with van der Waals surface area (Å²) in [6.45, 7) is 2.35. The minimum absolute atomic E-state index is 0.777. The molecule has 0 amide bonds. The molecule has 1 unspecified atom stereocenters. The molecule has 3 heteroatoms.